The molecule has 0 aromatic rings. The molecule has 0 aromatic carbocycles. The Morgan fingerprint density at radius 3 is 2.42 bits per heavy atom. The molecule has 19 heavy (non-hydrogen) atoms. The molecule has 0 radical (unpaired) electrons. The zero-order valence-corrected chi connectivity index (χ0v) is 12.0. The predicted octanol–water partition coefficient (Wildman–Crippen LogP) is -0.0532. The van der Waals surface area contributed by atoms with Crippen LogP contribution in [0.25, 0.3) is 0 Å². The summed E-state index contributed by atoms with van der Waals surface area (Å²) in [5.41, 5.74) is 2.19. The molecule has 6 heteroatoms. The molecule has 0 atom stereocenters. The molecule has 0 unspecified atom stereocenters. The van der Waals surface area contributed by atoms with Crippen molar-refractivity contribution in [1.82, 2.24) is 15.2 Å². The Kier molecular flexibility index (Phi) is 6.80. The Morgan fingerprint density at radius 1 is 1.32 bits per heavy atom. The van der Waals surface area contributed by atoms with Crippen LogP contribution in [0.5, 0.6) is 0 Å². The molecule has 6 nitrogen and oxygen atoms in total. The third-order valence-corrected chi connectivity index (χ3v) is 3.71. The van der Waals surface area contributed by atoms with Crippen molar-refractivity contribution >= 4 is 11.8 Å². The lowest BCUT2D eigenvalue weighted by atomic mass is 9.96. The van der Waals surface area contributed by atoms with Crippen molar-refractivity contribution in [1.29, 1.82) is 0 Å². The molecule has 1 fully saturated rings. The number of likely N-dealkylation sites (tertiary alicyclic amines) is 1. The first kappa shape index (κ1) is 15.9. The van der Waals surface area contributed by atoms with Crippen molar-refractivity contribution in [2.45, 2.75) is 33.1 Å². The van der Waals surface area contributed by atoms with Gasteiger partial charge in [0.05, 0.1) is 6.54 Å². The molecule has 0 saturated carbocycles. The number of piperidine rings is 1. The average molecular weight is 270 g/mol. The third kappa shape index (κ3) is 4.80. The van der Waals surface area contributed by atoms with Crippen LogP contribution in [-0.2, 0) is 9.59 Å². The minimum absolute atomic E-state index is 0.0491. The van der Waals surface area contributed by atoms with Crippen LogP contribution >= 0.6 is 0 Å². The molecular weight excluding hydrogens is 244 g/mol. The molecular formula is C13H26N4O2. The van der Waals surface area contributed by atoms with E-state index >= 15 is 0 Å². The van der Waals surface area contributed by atoms with Gasteiger partial charge in [-0.1, -0.05) is 13.8 Å². The second kappa shape index (κ2) is 8.12. The molecule has 2 amide bonds. The number of nitrogens with two attached hydrogens (primary N) is 1. The predicted molar refractivity (Wildman–Crippen MR) is 74.0 cm³/mol. The van der Waals surface area contributed by atoms with Gasteiger partial charge >= 0.3 is 0 Å². The van der Waals surface area contributed by atoms with E-state index in [-0.39, 0.29) is 17.7 Å². The lowest BCUT2D eigenvalue weighted by Gasteiger charge is -2.32. The number of carbonyl (C=O) groups excluding carboxylic acids is 2. The number of hydrazine groups is 1. The van der Waals surface area contributed by atoms with Crippen LogP contribution in [0.15, 0.2) is 0 Å². The van der Waals surface area contributed by atoms with Crippen LogP contribution in [-0.4, -0.2) is 54.3 Å². The van der Waals surface area contributed by atoms with Crippen LogP contribution in [0, 0.1) is 5.92 Å². The quantitative estimate of drug-likeness (QED) is 0.403. The second-order valence-electron chi connectivity index (χ2n) is 5.03. The number of hydrogen-bond donors (Lipinski definition) is 2. The summed E-state index contributed by atoms with van der Waals surface area (Å²) < 4.78 is 0. The van der Waals surface area contributed by atoms with Crippen LogP contribution in [0.1, 0.15) is 33.1 Å². The maximum atomic E-state index is 12.1. The summed E-state index contributed by atoms with van der Waals surface area (Å²) in [5.74, 6) is 5.13. The lowest BCUT2D eigenvalue weighted by molar-refractivity contribution is -0.136. The summed E-state index contributed by atoms with van der Waals surface area (Å²) in [6.45, 7) is 7.82. The number of carbonyl (C=O) groups is 2. The number of likely N-dealkylation sites (N-methyl/N-ethyl adjacent to an activating group) is 1. The Hall–Kier alpha value is -1.14. The monoisotopic (exact) mass is 270 g/mol. The van der Waals surface area contributed by atoms with E-state index in [1.807, 2.05) is 4.90 Å². The first-order valence-electron chi connectivity index (χ1n) is 7.12. The summed E-state index contributed by atoms with van der Waals surface area (Å²) in [5, 5.41) is 0. The number of rotatable bonds is 6. The molecule has 0 spiro atoms. The summed E-state index contributed by atoms with van der Waals surface area (Å²) >= 11 is 0. The van der Waals surface area contributed by atoms with Gasteiger partial charge < -0.3 is 4.90 Å². The number of hydrogen-bond acceptors (Lipinski definition) is 4. The van der Waals surface area contributed by atoms with E-state index < -0.39 is 0 Å². The van der Waals surface area contributed by atoms with Gasteiger partial charge in [-0.15, -0.1) is 0 Å². The largest absolute Gasteiger partial charge is 0.342 e. The van der Waals surface area contributed by atoms with Crippen molar-refractivity contribution in [3.8, 4) is 0 Å². The summed E-state index contributed by atoms with van der Waals surface area (Å²) in [7, 11) is 0. The molecule has 0 aromatic heterocycles. The average Bonchev–Trinajstić information content (AvgIpc) is 2.45. The van der Waals surface area contributed by atoms with E-state index in [1.165, 1.54) is 0 Å². The maximum absolute atomic E-state index is 12.1. The molecule has 1 saturated heterocycles. The third-order valence-electron chi connectivity index (χ3n) is 3.71. The molecule has 0 aliphatic carbocycles. The smallest absolute Gasteiger partial charge is 0.237 e. The molecule has 1 aliphatic rings. The highest BCUT2D eigenvalue weighted by Gasteiger charge is 2.27. The van der Waals surface area contributed by atoms with Crippen molar-refractivity contribution in [2.24, 2.45) is 11.8 Å². The number of amides is 2. The Labute approximate surface area is 115 Å². The van der Waals surface area contributed by atoms with Crippen molar-refractivity contribution in [3.63, 3.8) is 0 Å². The number of nitrogens with zero attached hydrogens (tertiary/aromatic N) is 2. The fraction of sp³-hybridized carbons (Fsp3) is 0.846. The molecule has 110 valence electrons. The molecule has 1 heterocycles. The van der Waals surface area contributed by atoms with Crippen molar-refractivity contribution < 1.29 is 9.59 Å². The molecule has 3 N–H and O–H groups in total. The van der Waals surface area contributed by atoms with E-state index in [0.717, 1.165) is 19.5 Å². The maximum Gasteiger partial charge on any atom is 0.237 e. The normalized spacial score (nSPS) is 16.7. The van der Waals surface area contributed by atoms with E-state index in [4.69, 9.17) is 5.84 Å². The van der Waals surface area contributed by atoms with Gasteiger partial charge in [0, 0.05) is 19.0 Å². The zero-order chi connectivity index (χ0) is 14.3. The van der Waals surface area contributed by atoms with Crippen LogP contribution in [0.4, 0.5) is 0 Å². The van der Waals surface area contributed by atoms with Gasteiger partial charge in [-0.05, 0) is 32.4 Å². The fourth-order valence-corrected chi connectivity index (χ4v) is 2.47. The van der Waals surface area contributed by atoms with Gasteiger partial charge in [-0.3, -0.25) is 19.9 Å². The summed E-state index contributed by atoms with van der Waals surface area (Å²) in [4.78, 5) is 27.6. The van der Waals surface area contributed by atoms with E-state index in [0.29, 0.717) is 32.5 Å². The first-order valence-corrected chi connectivity index (χ1v) is 7.12. The topological polar surface area (TPSA) is 78.7 Å². The van der Waals surface area contributed by atoms with Crippen molar-refractivity contribution in [3.05, 3.63) is 0 Å². The lowest BCUT2D eigenvalue weighted by Crippen LogP contribution is -2.47. The van der Waals surface area contributed by atoms with Crippen LogP contribution in [0.2, 0.25) is 0 Å². The Morgan fingerprint density at radius 2 is 1.95 bits per heavy atom. The minimum atomic E-state index is -0.117. The van der Waals surface area contributed by atoms with E-state index in [9.17, 15) is 9.59 Å². The van der Waals surface area contributed by atoms with Crippen LogP contribution in [0.3, 0.4) is 0 Å². The van der Waals surface area contributed by atoms with Gasteiger partial charge in [0.2, 0.25) is 11.8 Å². The van der Waals surface area contributed by atoms with Crippen LogP contribution < -0.4 is 11.3 Å². The standard InChI is InChI=1S/C13H26N4O2/c1-3-7-16(4-2)10-12(18)17-8-5-11(6-9-17)13(19)15-14/h11H,3-10,14H2,1-2H3,(H,15,19). The Balaban J connectivity index is 2.38. The molecule has 1 aliphatic heterocycles. The SMILES string of the molecule is CCCN(CC)CC(=O)N1CCC(C(=O)NN)CC1. The Bertz CT molecular complexity index is 301. The summed E-state index contributed by atoms with van der Waals surface area (Å²) in [6.07, 6.45) is 2.46. The highest BCUT2D eigenvalue weighted by molar-refractivity contribution is 5.80. The zero-order valence-electron chi connectivity index (χ0n) is 12.0. The summed E-state index contributed by atoms with van der Waals surface area (Å²) in [6, 6.07) is 0. The minimum Gasteiger partial charge on any atom is -0.342 e. The van der Waals surface area contributed by atoms with Crippen molar-refractivity contribution in [2.75, 3.05) is 32.7 Å². The van der Waals surface area contributed by atoms with Gasteiger partial charge in [0.25, 0.3) is 0 Å². The highest BCUT2D eigenvalue weighted by Crippen LogP contribution is 2.17. The second-order valence-corrected chi connectivity index (χ2v) is 5.03. The van der Waals surface area contributed by atoms with Gasteiger partial charge in [-0.2, -0.15) is 0 Å². The fourth-order valence-electron chi connectivity index (χ4n) is 2.47. The highest BCUT2D eigenvalue weighted by atomic mass is 16.2. The number of nitrogens with one attached hydrogen (secondary N) is 1. The molecule has 0 bridgehead atoms. The molecule has 1 rings (SSSR count). The van der Waals surface area contributed by atoms with E-state index in [2.05, 4.69) is 24.2 Å². The van der Waals surface area contributed by atoms with Gasteiger partial charge in [-0.25, -0.2) is 5.84 Å². The first-order chi connectivity index (χ1) is 9.12. The van der Waals surface area contributed by atoms with Gasteiger partial charge in [0.15, 0.2) is 0 Å². The van der Waals surface area contributed by atoms with Gasteiger partial charge in [0.1, 0.15) is 0 Å². The van der Waals surface area contributed by atoms with E-state index in [1.54, 1.807) is 0 Å².